The van der Waals surface area contributed by atoms with Gasteiger partial charge in [0, 0.05) is 18.9 Å². The minimum absolute atomic E-state index is 0.258. The summed E-state index contributed by atoms with van der Waals surface area (Å²) in [4.78, 5) is 24.3. The van der Waals surface area contributed by atoms with Crippen molar-refractivity contribution in [2.75, 3.05) is 13.7 Å². The molecule has 1 fully saturated rings. The van der Waals surface area contributed by atoms with E-state index in [1.165, 1.54) is 19.2 Å². The molecule has 5 atom stereocenters. The van der Waals surface area contributed by atoms with Crippen LogP contribution in [-0.4, -0.2) is 76.0 Å². The van der Waals surface area contributed by atoms with Gasteiger partial charge in [0.25, 0.3) is 0 Å². The third kappa shape index (κ3) is 3.87. The highest BCUT2D eigenvalue weighted by Gasteiger charge is 2.56. The number of aliphatic hydroxyl groups is 4. The summed E-state index contributed by atoms with van der Waals surface area (Å²) in [5, 5.41) is 42.5. The SMILES string of the molecule is COc1ccc(C(=O)C[C@]2(NC(C)=O)[C@@H](O)O[C@H](CO)[C@H](O)[C@@H]2O)cc1. The second-order valence-electron chi connectivity index (χ2n) is 6.19. The fourth-order valence-electron chi connectivity index (χ4n) is 3.02. The van der Waals surface area contributed by atoms with Crippen LogP contribution in [0.15, 0.2) is 24.3 Å². The monoisotopic (exact) mass is 369 g/mol. The number of rotatable bonds is 6. The van der Waals surface area contributed by atoms with Gasteiger partial charge in [-0.2, -0.15) is 0 Å². The average molecular weight is 369 g/mol. The number of methoxy groups -OCH3 is 1. The van der Waals surface area contributed by atoms with Crippen LogP contribution in [0.1, 0.15) is 23.7 Å². The Balaban J connectivity index is 2.33. The molecule has 144 valence electrons. The van der Waals surface area contributed by atoms with Gasteiger partial charge in [0.15, 0.2) is 12.1 Å². The fraction of sp³-hybridized carbons (Fsp3) is 0.529. The van der Waals surface area contributed by atoms with Gasteiger partial charge < -0.3 is 35.2 Å². The van der Waals surface area contributed by atoms with E-state index in [9.17, 15) is 30.0 Å². The zero-order chi connectivity index (χ0) is 19.5. The van der Waals surface area contributed by atoms with Crippen LogP contribution in [0.3, 0.4) is 0 Å². The molecule has 0 spiro atoms. The Bertz CT molecular complexity index is 649. The lowest BCUT2D eigenvalue weighted by Crippen LogP contribution is -2.73. The average Bonchev–Trinajstić information content (AvgIpc) is 2.62. The Morgan fingerprint density at radius 3 is 2.35 bits per heavy atom. The van der Waals surface area contributed by atoms with Crippen molar-refractivity contribution < 1.29 is 39.5 Å². The lowest BCUT2D eigenvalue weighted by Gasteiger charge is -2.49. The Hall–Kier alpha value is -2.04. The van der Waals surface area contributed by atoms with Crippen molar-refractivity contribution in [1.29, 1.82) is 0 Å². The van der Waals surface area contributed by atoms with Crippen LogP contribution < -0.4 is 10.1 Å². The number of carbonyl (C=O) groups is 2. The highest BCUT2D eigenvalue weighted by Crippen LogP contribution is 2.33. The summed E-state index contributed by atoms with van der Waals surface area (Å²) in [5.74, 6) is -0.595. The predicted molar refractivity (Wildman–Crippen MR) is 88.5 cm³/mol. The summed E-state index contributed by atoms with van der Waals surface area (Å²) < 4.78 is 10.1. The number of hydrogen-bond acceptors (Lipinski definition) is 8. The molecule has 0 unspecified atom stereocenters. The van der Waals surface area contributed by atoms with E-state index in [-0.39, 0.29) is 5.56 Å². The molecule has 26 heavy (non-hydrogen) atoms. The lowest BCUT2D eigenvalue weighted by molar-refractivity contribution is -0.282. The predicted octanol–water partition coefficient (Wildman–Crippen LogP) is -1.43. The van der Waals surface area contributed by atoms with Crippen molar-refractivity contribution in [2.24, 2.45) is 0 Å². The zero-order valence-electron chi connectivity index (χ0n) is 14.5. The number of ketones is 1. The minimum Gasteiger partial charge on any atom is -0.497 e. The van der Waals surface area contributed by atoms with E-state index in [1.54, 1.807) is 12.1 Å². The van der Waals surface area contributed by atoms with Gasteiger partial charge in [-0.3, -0.25) is 9.59 Å². The molecule has 0 radical (unpaired) electrons. The Kier molecular flexibility index (Phi) is 6.32. The minimum atomic E-state index is -1.96. The number of nitrogens with one attached hydrogen (secondary N) is 1. The first-order valence-electron chi connectivity index (χ1n) is 8.01. The molecule has 5 N–H and O–H groups in total. The summed E-state index contributed by atoms with van der Waals surface area (Å²) in [5.41, 5.74) is -1.71. The number of ether oxygens (including phenoxy) is 2. The highest BCUT2D eigenvalue weighted by molar-refractivity contribution is 5.97. The molecular formula is C17H23NO8. The summed E-state index contributed by atoms with van der Waals surface area (Å²) in [6.45, 7) is 0.488. The molecule has 9 nitrogen and oxygen atoms in total. The van der Waals surface area contributed by atoms with Crippen LogP contribution in [0.5, 0.6) is 5.75 Å². The molecule has 0 saturated carbocycles. The van der Waals surface area contributed by atoms with Crippen molar-refractivity contribution in [2.45, 2.75) is 43.5 Å². The van der Waals surface area contributed by atoms with Gasteiger partial charge in [-0.05, 0) is 24.3 Å². The Morgan fingerprint density at radius 1 is 1.23 bits per heavy atom. The molecule has 1 heterocycles. The van der Waals surface area contributed by atoms with Crippen molar-refractivity contribution in [1.82, 2.24) is 5.32 Å². The van der Waals surface area contributed by atoms with Gasteiger partial charge in [-0.15, -0.1) is 0 Å². The molecule has 1 aromatic rings. The van der Waals surface area contributed by atoms with Gasteiger partial charge in [-0.1, -0.05) is 0 Å². The van der Waals surface area contributed by atoms with Crippen molar-refractivity contribution in [3.8, 4) is 5.75 Å². The van der Waals surface area contributed by atoms with Crippen LogP contribution in [0.4, 0.5) is 0 Å². The summed E-state index contributed by atoms with van der Waals surface area (Å²) >= 11 is 0. The molecule has 1 saturated heterocycles. The molecule has 0 aromatic heterocycles. The lowest BCUT2D eigenvalue weighted by atomic mass is 9.78. The van der Waals surface area contributed by atoms with Gasteiger partial charge >= 0.3 is 0 Å². The molecule has 2 rings (SSSR count). The number of benzene rings is 1. The van der Waals surface area contributed by atoms with Crippen molar-refractivity contribution in [3.05, 3.63) is 29.8 Å². The van der Waals surface area contributed by atoms with E-state index in [2.05, 4.69) is 5.32 Å². The first-order chi connectivity index (χ1) is 12.2. The van der Waals surface area contributed by atoms with Crippen LogP contribution in [0.25, 0.3) is 0 Å². The van der Waals surface area contributed by atoms with E-state index < -0.39 is 54.9 Å². The first kappa shape index (κ1) is 20.3. The fourth-order valence-corrected chi connectivity index (χ4v) is 3.02. The van der Waals surface area contributed by atoms with Crippen molar-refractivity contribution in [3.63, 3.8) is 0 Å². The third-order valence-corrected chi connectivity index (χ3v) is 4.43. The quantitative estimate of drug-likeness (QED) is 0.384. The van der Waals surface area contributed by atoms with E-state index >= 15 is 0 Å². The molecule has 1 aliphatic heterocycles. The maximum absolute atomic E-state index is 12.6. The number of carbonyl (C=O) groups excluding carboxylic acids is 2. The maximum Gasteiger partial charge on any atom is 0.217 e. The molecule has 1 amide bonds. The van der Waals surface area contributed by atoms with E-state index in [1.807, 2.05) is 0 Å². The number of aliphatic hydroxyl groups excluding tert-OH is 4. The summed E-state index contributed by atoms with van der Waals surface area (Å²) in [6.07, 6.45) is -6.95. The largest absolute Gasteiger partial charge is 0.497 e. The first-order valence-corrected chi connectivity index (χ1v) is 8.01. The number of hydrogen-bond donors (Lipinski definition) is 5. The van der Waals surface area contributed by atoms with Crippen LogP contribution >= 0.6 is 0 Å². The van der Waals surface area contributed by atoms with E-state index in [4.69, 9.17) is 9.47 Å². The molecule has 1 aromatic carbocycles. The topological polar surface area (TPSA) is 146 Å². The van der Waals surface area contributed by atoms with Gasteiger partial charge in [-0.25, -0.2) is 0 Å². The van der Waals surface area contributed by atoms with Gasteiger partial charge in [0.2, 0.25) is 5.91 Å². The molecule has 9 heteroatoms. The summed E-state index contributed by atoms with van der Waals surface area (Å²) in [7, 11) is 1.48. The second kappa shape index (κ2) is 8.11. The van der Waals surface area contributed by atoms with Crippen LogP contribution in [0.2, 0.25) is 0 Å². The molecule has 1 aliphatic rings. The van der Waals surface area contributed by atoms with E-state index in [0.29, 0.717) is 5.75 Å². The molecular weight excluding hydrogens is 346 g/mol. The highest BCUT2D eigenvalue weighted by atomic mass is 16.6. The van der Waals surface area contributed by atoms with E-state index in [0.717, 1.165) is 6.92 Å². The second-order valence-corrected chi connectivity index (χ2v) is 6.19. The zero-order valence-corrected chi connectivity index (χ0v) is 14.5. The van der Waals surface area contributed by atoms with Gasteiger partial charge in [0.1, 0.15) is 29.6 Å². The smallest absolute Gasteiger partial charge is 0.217 e. The van der Waals surface area contributed by atoms with Crippen molar-refractivity contribution >= 4 is 11.7 Å². The Labute approximate surface area is 150 Å². The number of Topliss-reactive ketones (excluding diaryl/α,β-unsaturated/α-hetero) is 1. The molecule has 0 bridgehead atoms. The summed E-state index contributed by atoms with van der Waals surface area (Å²) in [6, 6.07) is 6.13. The van der Waals surface area contributed by atoms with Crippen LogP contribution in [-0.2, 0) is 9.53 Å². The van der Waals surface area contributed by atoms with Crippen LogP contribution in [0, 0.1) is 0 Å². The Morgan fingerprint density at radius 2 is 1.85 bits per heavy atom. The maximum atomic E-state index is 12.6. The standard InChI is InChI=1S/C17H23NO8/c1-9(20)18-17(15(23)14(22)13(8-19)26-16(17)24)7-12(21)10-3-5-11(25-2)6-4-10/h3-6,13-16,19,22-24H,7-8H2,1-2H3,(H,18,20)/t13-,14+,15+,16+,17-/m1/s1. The van der Waals surface area contributed by atoms with Gasteiger partial charge in [0.05, 0.1) is 13.7 Å². The molecule has 0 aliphatic carbocycles. The normalized spacial score (nSPS) is 31.3. The third-order valence-electron chi connectivity index (χ3n) is 4.43. The number of amides is 1.